The van der Waals surface area contributed by atoms with Crippen molar-refractivity contribution in [1.82, 2.24) is 0 Å². The van der Waals surface area contributed by atoms with Gasteiger partial charge in [-0.05, 0) is 23.7 Å². The lowest BCUT2D eigenvalue weighted by molar-refractivity contribution is 1.75. The Bertz CT molecular complexity index is 478. The Morgan fingerprint density at radius 1 is 1.09 bits per heavy atom. The molecule has 0 rings (SSSR count). The molecule has 0 aromatic heterocycles. The minimum absolute atomic E-state index is 0.200. The molecule has 0 amide bonds. The molecule has 11 heavy (non-hydrogen) atoms. The van der Waals surface area contributed by atoms with Gasteiger partial charge in [0.05, 0.1) is 0 Å². The summed E-state index contributed by atoms with van der Waals surface area (Å²) < 4.78 is 19.5. The lowest BCUT2D eigenvalue weighted by atomic mass is 10.5. The first-order valence-electron chi connectivity index (χ1n) is 3.87. The Balaban J connectivity index is 4.12. The molecule has 0 unspecified atom stereocenters. The van der Waals surface area contributed by atoms with Gasteiger partial charge in [0, 0.05) is 29.7 Å². The summed E-state index contributed by atoms with van der Waals surface area (Å²) in [6.45, 7) is 0. The summed E-state index contributed by atoms with van der Waals surface area (Å²) in [4.78, 5) is 0. The summed E-state index contributed by atoms with van der Waals surface area (Å²) in [5, 5.41) is 0. The largest absolute Gasteiger partial charge is 0.359 e. The Labute approximate surface area is 70.7 Å². The number of rotatable bonds is 0. The van der Waals surface area contributed by atoms with E-state index in [4.69, 9.17) is 4.19 Å². The third-order valence-electron chi connectivity index (χ3n) is 0.493. The van der Waals surface area contributed by atoms with E-state index in [-0.39, 0.29) is 5.72 Å². The minimum Gasteiger partial charge on any atom is -0.359 e. The van der Waals surface area contributed by atoms with E-state index in [0.717, 1.165) is 0 Å². The molecule has 0 aliphatic carbocycles. The molecule has 1 heteroatoms. The molecule has 0 saturated heterocycles. The zero-order valence-corrected chi connectivity index (χ0v) is 5.45. The van der Waals surface area contributed by atoms with Gasteiger partial charge in [0.2, 0.25) is 0 Å². The van der Waals surface area contributed by atoms with E-state index in [2.05, 4.69) is 47.4 Å². The third-order valence-corrected chi connectivity index (χ3v) is 0.493. The van der Waals surface area contributed by atoms with Crippen LogP contribution in [0.25, 0.3) is 0 Å². The summed E-state index contributed by atoms with van der Waals surface area (Å²) in [5.74, 6) is 18.4. The van der Waals surface area contributed by atoms with Crippen molar-refractivity contribution in [3.63, 3.8) is 0 Å². The molecule has 0 aliphatic rings. The zero-order chi connectivity index (χ0) is 10.6. The summed E-state index contributed by atoms with van der Waals surface area (Å²) in [6.07, 6.45) is 1.84. The van der Waals surface area contributed by atoms with E-state index in [9.17, 15) is 0 Å². The van der Waals surface area contributed by atoms with Gasteiger partial charge in [-0.15, -0.1) is 6.40 Å². The van der Waals surface area contributed by atoms with E-state index < -0.39 is 0 Å². The Hall–Kier alpha value is -2.40. The topological polar surface area (TPSA) is 26.0 Å². The van der Waals surface area contributed by atoms with Crippen LogP contribution in [0.1, 0.15) is 1.37 Å². The van der Waals surface area contributed by atoms with E-state index >= 15 is 0 Å². The van der Waals surface area contributed by atoms with E-state index in [1.807, 2.05) is 12.4 Å². The van der Waals surface area contributed by atoms with Crippen molar-refractivity contribution >= 4 is 0 Å². The van der Waals surface area contributed by atoms with Crippen LogP contribution in [0.4, 0.5) is 0 Å². The van der Waals surface area contributed by atoms with Crippen molar-refractivity contribution < 1.29 is 4.19 Å². The van der Waals surface area contributed by atoms with Gasteiger partial charge in [0.15, 0.2) is 2.82 Å². The maximum Gasteiger partial charge on any atom is 0.167 e. The summed E-state index contributed by atoms with van der Waals surface area (Å²) in [7, 11) is 0. The fraction of sp³-hybridized carbons (Fsp3) is 0. The van der Waals surface area contributed by atoms with Gasteiger partial charge in [-0.1, -0.05) is 0 Å². The Morgan fingerprint density at radius 2 is 1.73 bits per heavy atom. The molecule has 0 spiro atoms. The lowest BCUT2D eigenvalue weighted by Crippen LogP contribution is -1.73. The van der Waals surface area contributed by atoms with Gasteiger partial charge in [-0.25, -0.2) is 0 Å². The monoisotopic (exact) mass is 142 g/mol. The zero-order valence-electron chi connectivity index (χ0n) is 8.45. The van der Waals surface area contributed by atoms with Crippen molar-refractivity contribution in [1.29, 1.82) is 0 Å². The first kappa shape index (κ1) is 4.42. The Morgan fingerprint density at radius 3 is 2.36 bits per heavy atom. The fourth-order valence-corrected chi connectivity index (χ4v) is 0.215. The first-order chi connectivity index (χ1) is 6.77. The van der Waals surface area contributed by atoms with Crippen LogP contribution >= 0.6 is 0 Å². The Kier molecular flexibility index (Phi) is 3.05. The van der Waals surface area contributed by atoms with Crippen molar-refractivity contribution in [2.75, 3.05) is 0 Å². The van der Waals surface area contributed by atoms with Crippen LogP contribution in [0.3, 0.4) is 0 Å². The highest BCUT2D eigenvalue weighted by Crippen LogP contribution is 1.53. The lowest BCUT2D eigenvalue weighted by Gasteiger charge is -1.54. The van der Waals surface area contributed by atoms with Crippen LogP contribution in [-0.4, -0.2) is 0 Å². The SMILES string of the molecule is [2H]C#CC#CC#CC#CC#CN([3H])[3H]. The standard InChI is InChI=1S/C10H3N/c1-2-3-4-5-6-7-8-9-10-11/h1H,11H2/i1D/hT2. The summed E-state index contributed by atoms with van der Waals surface area (Å²) in [6, 6.07) is 2.05. The highest BCUT2D eigenvalue weighted by molar-refractivity contribution is 5.41. The molecule has 0 radical (unpaired) electrons. The molecule has 2 N–H and O–H groups in total. The van der Waals surface area contributed by atoms with E-state index in [1.54, 1.807) is 0 Å². The third kappa shape index (κ3) is 7.60. The van der Waals surface area contributed by atoms with Gasteiger partial charge in [-0.3, -0.25) is 0 Å². The van der Waals surface area contributed by atoms with Crippen LogP contribution in [0.2, 0.25) is 2.82 Å². The predicted molar refractivity (Wildman–Crippen MR) is 44.1 cm³/mol. The van der Waals surface area contributed by atoms with E-state index in [0.29, 0.717) is 0 Å². The molecule has 48 valence electrons. The second kappa shape index (κ2) is 7.60. The number of terminal acetylenes is 1. The molecule has 0 aliphatic heterocycles. The molecule has 0 atom stereocenters. The number of hydrogen-bond acceptors (Lipinski definition) is 1. The second-order valence-corrected chi connectivity index (χ2v) is 1.11. The van der Waals surface area contributed by atoms with Crippen molar-refractivity contribution in [2.45, 2.75) is 0 Å². The minimum atomic E-state index is 0.200. The number of nitrogens with two attached hydrogens (primary N) is 1. The summed E-state index contributed by atoms with van der Waals surface area (Å²) >= 11 is 0. The smallest absolute Gasteiger partial charge is 0.167 e. The quantitative estimate of drug-likeness (QED) is 0.360. The highest BCUT2D eigenvalue weighted by Gasteiger charge is 1.53. The molecule has 0 heterocycles. The van der Waals surface area contributed by atoms with Gasteiger partial charge < -0.3 is 5.72 Å². The van der Waals surface area contributed by atoms with Gasteiger partial charge in [0.25, 0.3) is 0 Å². The molecule has 0 aromatic carbocycles. The van der Waals surface area contributed by atoms with E-state index in [1.165, 1.54) is 0 Å². The predicted octanol–water partition coefficient (Wildman–Crippen LogP) is -0.451. The van der Waals surface area contributed by atoms with Gasteiger partial charge in [-0.2, -0.15) is 0 Å². The normalized spacial score (nSPS) is 6.36. The molecule has 0 saturated carbocycles. The second-order valence-electron chi connectivity index (χ2n) is 1.11. The maximum absolute atomic E-state index is 6.54. The van der Waals surface area contributed by atoms with Crippen LogP contribution in [0, 0.1) is 59.8 Å². The van der Waals surface area contributed by atoms with Gasteiger partial charge >= 0.3 is 0 Å². The molecular weight excluding hydrogens is 134 g/mol. The highest BCUT2D eigenvalue weighted by atomic mass is 14.4. The number of hydrogen-bond donors (Lipinski definition) is 1. The van der Waals surface area contributed by atoms with Crippen LogP contribution in [0.5, 0.6) is 0 Å². The average molecular weight is 142 g/mol. The first-order valence-corrected chi connectivity index (χ1v) is 2.47. The summed E-state index contributed by atoms with van der Waals surface area (Å²) in [5.41, 5.74) is 0.200. The van der Waals surface area contributed by atoms with Crippen LogP contribution in [-0.2, 0) is 0 Å². The molecule has 0 bridgehead atoms. The molecular formula is C10H3N. The fourth-order valence-electron chi connectivity index (χ4n) is 0.215. The van der Waals surface area contributed by atoms with Crippen molar-refractivity contribution in [3.8, 4) is 59.8 Å². The van der Waals surface area contributed by atoms with Crippen molar-refractivity contribution in [2.24, 2.45) is 5.72 Å². The van der Waals surface area contributed by atoms with Gasteiger partial charge in [0.1, 0.15) is 1.37 Å². The van der Waals surface area contributed by atoms with Crippen LogP contribution in [0.15, 0.2) is 0 Å². The van der Waals surface area contributed by atoms with Crippen molar-refractivity contribution in [3.05, 3.63) is 0 Å². The molecule has 1 nitrogen and oxygen atoms in total. The maximum atomic E-state index is 6.54. The van der Waals surface area contributed by atoms with Crippen LogP contribution < -0.4 is 5.72 Å². The molecule has 0 fully saturated rings. The molecule has 0 aromatic rings. The average Bonchev–Trinajstić information content (AvgIpc) is 2.15.